The van der Waals surface area contributed by atoms with Crippen LogP contribution in [0.2, 0.25) is 0 Å². The lowest BCUT2D eigenvalue weighted by atomic mass is 10.1. The molecule has 5 nitrogen and oxygen atoms in total. The lowest BCUT2D eigenvalue weighted by Crippen LogP contribution is -2.26. The summed E-state index contributed by atoms with van der Waals surface area (Å²) in [7, 11) is 0. The second kappa shape index (κ2) is 7.98. The number of anilines is 1. The summed E-state index contributed by atoms with van der Waals surface area (Å²) in [5.74, 6) is -0.163. The highest BCUT2D eigenvalue weighted by Crippen LogP contribution is 2.14. The fourth-order valence-electron chi connectivity index (χ4n) is 2.09. The minimum Gasteiger partial charge on any atom is -0.450 e. The van der Waals surface area contributed by atoms with Gasteiger partial charge in [-0.3, -0.25) is 10.1 Å². The van der Waals surface area contributed by atoms with Crippen LogP contribution in [-0.4, -0.2) is 18.6 Å². The molecule has 5 heteroatoms. The Morgan fingerprint density at radius 2 is 1.70 bits per heavy atom. The SMILES string of the molecule is CCOC(=O)Nc1ccc(C(=O)N[C@@H](C)c2ccccc2)cc1. The van der Waals surface area contributed by atoms with E-state index in [9.17, 15) is 9.59 Å². The Morgan fingerprint density at radius 1 is 1.04 bits per heavy atom. The van der Waals surface area contributed by atoms with E-state index < -0.39 is 6.09 Å². The van der Waals surface area contributed by atoms with Crippen LogP contribution in [0.4, 0.5) is 10.5 Å². The number of carbonyl (C=O) groups excluding carboxylic acids is 2. The number of nitrogens with one attached hydrogen (secondary N) is 2. The first-order valence-corrected chi connectivity index (χ1v) is 7.49. The van der Waals surface area contributed by atoms with Crippen LogP contribution in [0.1, 0.15) is 35.8 Å². The molecule has 120 valence electrons. The number of hydrogen-bond donors (Lipinski definition) is 2. The second-order valence-electron chi connectivity index (χ2n) is 5.03. The summed E-state index contributed by atoms with van der Waals surface area (Å²) < 4.78 is 4.80. The molecule has 0 spiro atoms. The van der Waals surface area contributed by atoms with E-state index in [2.05, 4.69) is 10.6 Å². The summed E-state index contributed by atoms with van der Waals surface area (Å²) in [5.41, 5.74) is 2.15. The maximum absolute atomic E-state index is 12.2. The molecule has 1 atom stereocenters. The molecule has 2 aromatic rings. The minimum absolute atomic E-state index is 0.0824. The molecule has 0 saturated heterocycles. The number of ether oxygens (including phenoxy) is 1. The maximum Gasteiger partial charge on any atom is 0.411 e. The molecule has 2 N–H and O–H groups in total. The van der Waals surface area contributed by atoms with Gasteiger partial charge >= 0.3 is 6.09 Å². The monoisotopic (exact) mass is 312 g/mol. The molecule has 0 bridgehead atoms. The van der Waals surface area contributed by atoms with Crippen molar-refractivity contribution < 1.29 is 14.3 Å². The van der Waals surface area contributed by atoms with Crippen LogP contribution in [0.25, 0.3) is 0 Å². The Balaban J connectivity index is 1.96. The van der Waals surface area contributed by atoms with E-state index in [0.717, 1.165) is 5.56 Å². The largest absolute Gasteiger partial charge is 0.450 e. The molecule has 0 aliphatic heterocycles. The second-order valence-corrected chi connectivity index (χ2v) is 5.03. The maximum atomic E-state index is 12.2. The first-order chi connectivity index (χ1) is 11.1. The highest BCUT2D eigenvalue weighted by Gasteiger charge is 2.11. The molecule has 0 unspecified atom stereocenters. The molecule has 0 aromatic heterocycles. The topological polar surface area (TPSA) is 67.4 Å². The number of hydrogen-bond acceptors (Lipinski definition) is 3. The van der Waals surface area contributed by atoms with Crippen LogP contribution >= 0.6 is 0 Å². The van der Waals surface area contributed by atoms with Gasteiger partial charge in [-0.25, -0.2) is 4.79 Å². The van der Waals surface area contributed by atoms with Crippen LogP contribution in [0.5, 0.6) is 0 Å². The average molecular weight is 312 g/mol. The Hall–Kier alpha value is -2.82. The first kappa shape index (κ1) is 16.5. The fraction of sp³-hybridized carbons (Fsp3) is 0.222. The van der Waals surface area contributed by atoms with Gasteiger partial charge in [0.25, 0.3) is 5.91 Å². The highest BCUT2D eigenvalue weighted by atomic mass is 16.5. The van der Waals surface area contributed by atoms with Gasteiger partial charge in [-0.2, -0.15) is 0 Å². The van der Waals surface area contributed by atoms with E-state index in [1.807, 2.05) is 37.3 Å². The van der Waals surface area contributed by atoms with E-state index in [1.165, 1.54) is 0 Å². The van der Waals surface area contributed by atoms with Crippen molar-refractivity contribution in [1.82, 2.24) is 5.32 Å². The predicted octanol–water partition coefficient (Wildman–Crippen LogP) is 3.75. The van der Waals surface area contributed by atoms with Crippen molar-refractivity contribution >= 4 is 17.7 Å². The number of rotatable bonds is 5. The van der Waals surface area contributed by atoms with Crippen LogP contribution < -0.4 is 10.6 Å². The van der Waals surface area contributed by atoms with Gasteiger partial charge in [0.15, 0.2) is 0 Å². The fourth-order valence-corrected chi connectivity index (χ4v) is 2.09. The Morgan fingerprint density at radius 3 is 2.30 bits per heavy atom. The van der Waals surface area contributed by atoms with Crippen molar-refractivity contribution in [2.75, 3.05) is 11.9 Å². The zero-order valence-corrected chi connectivity index (χ0v) is 13.2. The summed E-state index contributed by atoms with van der Waals surface area (Å²) in [4.78, 5) is 23.6. The standard InChI is InChI=1S/C18H20N2O3/c1-3-23-18(22)20-16-11-9-15(10-12-16)17(21)19-13(2)14-7-5-4-6-8-14/h4-13H,3H2,1-2H3,(H,19,21)(H,20,22)/t13-/m0/s1. The van der Waals surface area contributed by atoms with E-state index in [1.54, 1.807) is 31.2 Å². The van der Waals surface area contributed by atoms with Crippen molar-refractivity contribution in [1.29, 1.82) is 0 Å². The molecule has 0 fully saturated rings. The van der Waals surface area contributed by atoms with E-state index in [0.29, 0.717) is 17.9 Å². The van der Waals surface area contributed by atoms with Gasteiger partial charge < -0.3 is 10.1 Å². The van der Waals surface area contributed by atoms with E-state index >= 15 is 0 Å². The normalized spacial score (nSPS) is 11.4. The summed E-state index contributed by atoms with van der Waals surface area (Å²) >= 11 is 0. The summed E-state index contributed by atoms with van der Waals surface area (Å²) in [6, 6.07) is 16.3. The van der Waals surface area contributed by atoms with Crippen LogP contribution in [0.15, 0.2) is 54.6 Å². The molecule has 0 saturated carbocycles. The molecule has 2 aromatic carbocycles. The quantitative estimate of drug-likeness (QED) is 0.883. The smallest absolute Gasteiger partial charge is 0.411 e. The van der Waals surface area contributed by atoms with Crippen LogP contribution in [0.3, 0.4) is 0 Å². The molecular weight excluding hydrogens is 292 g/mol. The molecule has 2 rings (SSSR count). The molecule has 0 radical (unpaired) electrons. The zero-order chi connectivity index (χ0) is 16.7. The Kier molecular flexibility index (Phi) is 5.74. The third-order valence-electron chi connectivity index (χ3n) is 3.32. The summed E-state index contributed by atoms with van der Waals surface area (Å²) in [6.07, 6.45) is -0.512. The Labute approximate surface area is 135 Å². The lowest BCUT2D eigenvalue weighted by molar-refractivity contribution is 0.0940. The van der Waals surface area contributed by atoms with Crippen molar-refractivity contribution in [2.24, 2.45) is 0 Å². The molecule has 0 aliphatic carbocycles. The van der Waals surface area contributed by atoms with Crippen LogP contribution in [0, 0.1) is 0 Å². The van der Waals surface area contributed by atoms with Gasteiger partial charge in [0.2, 0.25) is 0 Å². The van der Waals surface area contributed by atoms with Gasteiger partial charge in [-0.05, 0) is 43.7 Å². The third kappa shape index (κ3) is 4.85. The van der Waals surface area contributed by atoms with Gasteiger partial charge in [-0.15, -0.1) is 0 Å². The zero-order valence-electron chi connectivity index (χ0n) is 13.2. The number of carbonyl (C=O) groups is 2. The van der Waals surface area contributed by atoms with E-state index in [-0.39, 0.29) is 11.9 Å². The van der Waals surface area contributed by atoms with Crippen molar-refractivity contribution in [3.63, 3.8) is 0 Å². The minimum atomic E-state index is -0.512. The first-order valence-electron chi connectivity index (χ1n) is 7.49. The van der Waals surface area contributed by atoms with Gasteiger partial charge in [0.05, 0.1) is 12.6 Å². The van der Waals surface area contributed by atoms with Crippen LogP contribution in [-0.2, 0) is 4.74 Å². The highest BCUT2D eigenvalue weighted by molar-refractivity contribution is 5.95. The molecule has 0 aliphatic rings. The predicted molar refractivity (Wildman–Crippen MR) is 89.4 cm³/mol. The molecule has 2 amide bonds. The summed E-state index contributed by atoms with van der Waals surface area (Å²) in [5, 5.41) is 5.52. The van der Waals surface area contributed by atoms with Gasteiger partial charge in [-0.1, -0.05) is 30.3 Å². The van der Waals surface area contributed by atoms with Crippen molar-refractivity contribution in [2.45, 2.75) is 19.9 Å². The van der Waals surface area contributed by atoms with Crippen molar-refractivity contribution in [3.05, 3.63) is 65.7 Å². The number of benzene rings is 2. The van der Waals surface area contributed by atoms with Gasteiger partial charge in [0.1, 0.15) is 0 Å². The van der Waals surface area contributed by atoms with Crippen molar-refractivity contribution in [3.8, 4) is 0 Å². The number of amides is 2. The Bertz CT molecular complexity index is 654. The average Bonchev–Trinajstić information content (AvgIpc) is 2.56. The molecule has 23 heavy (non-hydrogen) atoms. The van der Waals surface area contributed by atoms with E-state index in [4.69, 9.17) is 4.74 Å². The third-order valence-corrected chi connectivity index (χ3v) is 3.32. The summed E-state index contributed by atoms with van der Waals surface area (Å²) in [6.45, 7) is 3.98. The molecule has 0 heterocycles. The molecular formula is C18H20N2O3. The van der Waals surface area contributed by atoms with Gasteiger partial charge in [0, 0.05) is 11.3 Å². The lowest BCUT2D eigenvalue weighted by Gasteiger charge is -2.14.